The number of hydrogen-bond acceptors (Lipinski definition) is 6. The van der Waals surface area contributed by atoms with Gasteiger partial charge in [0.05, 0.1) is 28.1 Å². The van der Waals surface area contributed by atoms with Crippen LogP contribution in [0.4, 0.5) is 23.4 Å². The maximum absolute atomic E-state index is 13.6. The number of anilines is 1. The van der Waals surface area contributed by atoms with Crippen molar-refractivity contribution in [3.63, 3.8) is 0 Å². The van der Waals surface area contributed by atoms with Crippen LogP contribution >= 0.6 is 0 Å². The van der Waals surface area contributed by atoms with Crippen LogP contribution in [0.1, 0.15) is 34.1 Å². The molecule has 0 saturated carbocycles. The first-order valence-electron chi connectivity index (χ1n) is 10.8. The highest BCUT2D eigenvalue weighted by atomic mass is 19.4. The SMILES string of the molecule is Cc1ncc(-c2cc(C(F)(F)F)c3c(N)ncnn23)cc1C(=O)NCC(C)(O)Cc1ccc(F)cc1. The molecule has 1 aromatic carbocycles. The molecule has 4 aromatic rings. The van der Waals surface area contributed by atoms with Crippen LogP contribution in [0, 0.1) is 12.7 Å². The van der Waals surface area contributed by atoms with E-state index in [4.69, 9.17) is 5.73 Å². The van der Waals surface area contributed by atoms with Crippen LogP contribution in [-0.4, -0.2) is 42.7 Å². The summed E-state index contributed by atoms with van der Waals surface area (Å²) in [6.07, 6.45) is -2.19. The van der Waals surface area contributed by atoms with Gasteiger partial charge in [0.25, 0.3) is 5.91 Å². The first-order chi connectivity index (χ1) is 16.9. The number of amides is 1. The molecule has 0 bridgehead atoms. The molecule has 0 aliphatic carbocycles. The van der Waals surface area contributed by atoms with Crippen molar-refractivity contribution in [3.05, 3.63) is 77.1 Å². The van der Waals surface area contributed by atoms with Gasteiger partial charge >= 0.3 is 6.18 Å². The minimum atomic E-state index is -4.71. The average molecular weight is 502 g/mol. The molecule has 0 radical (unpaired) electrons. The second-order valence-electron chi connectivity index (χ2n) is 8.69. The number of benzene rings is 1. The molecule has 36 heavy (non-hydrogen) atoms. The number of aromatic nitrogens is 4. The number of carbonyl (C=O) groups excluding carboxylic acids is 1. The lowest BCUT2D eigenvalue weighted by Gasteiger charge is -2.24. The molecular weight excluding hydrogens is 480 g/mol. The van der Waals surface area contributed by atoms with Gasteiger partial charge in [0.2, 0.25) is 0 Å². The summed E-state index contributed by atoms with van der Waals surface area (Å²) in [5, 5.41) is 17.2. The van der Waals surface area contributed by atoms with Crippen molar-refractivity contribution in [3.8, 4) is 11.3 Å². The molecule has 0 aliphatic rings. The molecule has 1 amide bonds. The number of nitrogens with zero attached hydrogens (tertiary/aromatic N) is 4. The number of aliphatic hydroxyl groups is 1. The lowest BCUT2D eigenvalue weighted by molar-refractivity contribution is -0.136. The third kappa shape index (κ3) is 5.13. The summed E-state index contributed by atoms with van der Waals surface area (Å²) in [7, 11) is 0. The van der Waals surface area contributed by atoms with E-state index >= 15 is 0 Å². The second kappa shape index (κ2) is 9.19. The smallest absolute Gasteiger partial charge is 0.388 e. The maximum Gasteiger partial charge on any atom is 0.418 e. The van der Waals surface area contributed by atoms with Crippen molar-refractivity contribution in [2.24, 2.45) is 0 Å². The van der Waals surface area contributed by atoms with E-state index < -0.39 is 34.6 Å². The van der Waals surface area contributed by atoms with Crippen molar-refractivity contribution >= 4 is 17.2 Å². The van der Waals surface area contributed by atoms with E-state index in [1.807, 2.05) is 0 Å². The maximum atomic E-state index is 13.6. The highest BCUT2D eigenvalue weighted by Crippen LogP contribution is 2.38. The van der Waals surface area contributed by atoms with Gasteiger partial charge in [0.15, 0.2) is 5.82 Å². The quantitative estimate of drug-likeness (QED) is 0.347. The van der Waals surface area contributed by atoms with Gasteiger partial charge in [-0.25, -0.2) is 13.9 Å². The molecule has 4 N–H and O–H groups in total. The van der Waals surface area contributed by atoms with Crippen LogP contribution in [0.3, 0.4) is 0 Å². The Morgan fingerprint density at radius 1 is 1.17 bits per heavy atom. The molecule has 1 unspecified atom stereocenters. The third-order valence-electron chi connectivity index (χ3n) is 5.64. The van der Waals surface area contributed by atoms with Gasteiger partial charge in [-0.1, -0.05) is 12.1 Å². The van der Waals surface area contributed by atoms with Crippen molar-refractivity contribution < 1.29 is 27.5 Å². The number of fused-ring (bicyclic) bond motifs is 1. The molecule has 8 nitrogen and oxygen atoms in total. The molecule has 1 atom stereocenters. The van der Waals surface area contributed by atoms with E-state index in [-0.39, 0.29) is 35.6 Å². The zero-order chi connectivity index (χ0) is 26.3. The van der Waals surface area contributed by atoms with E-state index in [1.54, 1.807) is 6.92 Å². The predicted molar refractivity (Wildman–Crippen MR) is 123 cm³/mol. The van der Waals surface area contributed by atoms with Gasteiger partial charge in [0, 0.05) is 24.7 Å². The lowest BCUT2D eigenvalue weighted by atomic mass is 9.96. The van der Waals surface area contributed by atoms with Crippen LogP contribution in [0.25, 0.3) is 16.8 Å². The first-order valence-corrected chi connectivity index (χ1v) is 10.8. The molecule has 3 aromatic heterocycles. The van der Waals surface area contributed by atoms with Crippen LogP contribution in [-0.2, 0) is 12.6 Å². The van der Waals surface area contributed by atoms with Gasteiger partial charge in [-0.05, 0) is 43.7 Å². The standard InChI is InChI=1S/C24H22F4N6O2/c1-13-17(22(35)31-11-23(2,36)9-14-3-5-16(25)6-4-14)7-15(10-30-13)19-8-18(24(26,27)28)20-21(29)32-12-33-34(19)20/h3-8,10,12,36H,9,11H2,1-2H3,(H,31,35)(H2,29,32,33). The van der Waals surface area contributed by atoms with Crippen LogP contribution in [0.5, 0.6) is 0 Å². The Hall–Kier alpha value is -4.06. The molecule has 0 aliphatic heterocycles. The Bertz CT molecular complexity index is 1430. The van der Waals surface area contributed by atoms with Gasteiger partial charge in [-0.3, -0.25) is 9.78 Å². The number of pyridine rings is 1. The van der Waals surface area contributed by atoms with Crippen molar-refractivity contribution in [2.45, 2.75) is 32.0 Å². The fourth-order valence-electron chi connectivity index (χ4n) is 3.86. The summed E-state index contributed by atoms with van der Waals surface area (Å²) >= 11 is 0. The molecule has 3 heterocycles. The highest BCUT2D eigenvalue weighted by molar-refractivity contribution is 5.96. The normalized spacial score (nSPS) is 13.5. The van der Waals surface area contributed by atoms with Crippen molar-refractivity contribution in [1.82, 2.24) is 24.9 Å². The van der Waals surface area contributed by atoms with Gasteiger partial charge in [0.1, 0.15) is 17.7 Å². The minimum absolute atomic E-state index is 0.0243. The number of nitrogen functional groups attached to an aromatic ring is 1. The fourth-order valence-corrected chi connectivity index (χ4v) is 3.86. The van der Waals surface area contributed by atoms with Crippen LogP contribution in [0.2, 0.25) is 0 Å². The summed E-state index contributed by atoms with van der Waals surface area (Å²) in [6, 6.07) is 7.90. The number of nitrogens with two attached hydrogens (primary N) is 1. The summed E-state index contributed by atoms with van der Waals surface area (Å²) < 4.78 is 55.1. The molecule has 4 rings (SSSR count). The Morgan fingerprint density at radius 2 is 1.86 bits per heavy atom. The number of hydrogen-bond donors (Lipinski definition) is 3. The first kappa shape index (κ1) is 25.0. The van der Waals surface area contributed by atoms with Gasteiger partial charge < -0.3 is 16.2 Å². The van der Waals surface area contributed by atoms with E-state index in [0.717, 1.165) is 16.9 Å². The number of nitrogens with one attached hydrogen (secondary N) is 1. The average Bonchev–Trinajstić information content (AvgIpc) is 3.21. The molecule has 0 saturated heterocycles. The Labute approximate surface area is 202 Å². The zero-order valence-corrected chi connectivity index (χ0v) is 19.3. The van der Waals surface area contributed by atoms with E-state index in [1.165, 1.54) is 43.5 Å². The molecule has 0 spiro atoms. The number of halogens is 4. The van der Waals surface area contributed by atoms with E-state index in [9.17, 15) is 27.5 Å². The molecule has 0 fully saturated rings. The third-order valence-corrected chi connectivity index (χ3v) is 5.64. The number of rotatable bonds is 6. The number of aryl methyl sites for hydroxylation is 1. The predicted octanol–water partition coefficient (Wildman–Crippen LogP) is 3.56. The fraction of sp³-hybridized carbons (Fsp3) is 0.250. The number of alkyl halides is 3. The van der Waals surface area contributed by atoms with E-state index in [0.29, 0.717) is 11.3 Å². The summed E-state index contributed by atoms with van der Waals surface area (Å²) in [6.45, 7) is 2.96. The lowest BCUT2D eigenvalue weighted by Crippen LogP contribution is -2.42. The molecular formula is C24H22F4N6O2. The summed E-state index contributed by atoms with van der Waals surface area (Å²) in [5.41, 5.74) is 4.28. The Morgan fingerprint density at radius 3 is 2.53 bits per heavy atom. The van der Waals surface area contributed by atoms with Crippen LogP contribution in [0.15, 0.2) is 48.9 Å². The monoisotopic (exact) mass is 502 g/mol. The van der Waals surface area contributed by atoms with Gasteiger partial charge in [-0.15, -0.1) is 0 Å². The van der Waals surface area contributed by atoms with Crippen LogP contribution < -0.4 is 11.1 Å². The zero-order valence-electron chi connectivity index (χ0n) is 19.3. The van der Waals surface area contributed by atoms with E-state index in [2.05, 4.69) is 20.4 Å². The van der Waals surface area contributed by atoms with Crippen molar-refractivity contribution in [2.75, 3.05) is 12.3 Å². The minimum Gasteiger partial charge on any atom is -0.388 e. The Kier molecular flexibility index (Phi) is 6.39. The summed E-state index contributed by atoms with van der Waals surface area (Å²) in [4.78, 5) is 20.8. The second-order valence-corrected chi connectivity index (χ2v) is 8.69. The molecule has 188 valence electrons. The highest BCUT2D eigenvalue weighted by Gasteiger charge is 2.36. The Balaban J connectivity index is 1.61. The topological polar surface area (TPSA) is 118 Å². The van der Waals surface area contributed by atoms with Crippen molar-refractivity contribution in [1.29, 1.82) is 0 Å². The summed E-state index contributed by atoms with van der Waals surface area (Å²) in [5.74, 6) is -1.32. The van der Waals surface area contributed by atoms with Gasteiger partial charge in [-0.2, -0.15) is 18.3 Å². The largest absolute Gasteiger partial charge is 0.418 e. The number of carbonyl (C=O) groups is 1. The molecule has 12 heteroatoms.